The number of hydrogen-bond donors (Lipinski definition) is 0. The monoisotopic (exact) mass is 261 g/mol. The van der Waals surface area contributed by atoms with Crippen LogP contribution in [0.4, 0.5) is 5.82 Å². The largest absolute Gasteiger partial charge is 0.354 e. The van der Waals surface area contributed by atoms with Crippen molar-refractivity contribution in [3.8, 4) is 0 Å². The summed E-state index contributed by atoms with van der Waals surface area (Å²) in [6.07, 6.45) is 1.76. The van der Waals surface area contributed by atoms with E-state index in [0.717, 1.165) is 47.8 Å². The number of hydrogen-bond acceptors (Lipinski definition) is 3. The summed E-state index contributed by atoms with van der Waals surface area (Å²) in [4.78, 5) is 9.22. The molecule has 0 atom stereocenters. The normalized spacial score (nSPS) is 17.3. The first-order valence-electron chi connectivity index (χ1n) is 6.22. The smallest absolute Gasteiger partial charge is 0.136 e. The van der Waals surface area contributed by atoms with Crippen LogP contribution in [0, 0.1) is 0 Å². The van der Waals surface area contributed by atoms with Crippen molar-refractivity contribution in [1.82, 2.24) is 9.88 Å². The van der Waals surface area contributed by atoms with Gasteiger partial charge in [0.05, 0.1) is 5.02 Å². The Morgan fingerprint density at radius 1 is 1.06 bits per heavy atom. The maximum atomic E-state index is 6.20. The van der Waals surface area contributed by atoms with E-state index >= 15 is 0 Å². The van der Waals surface area contributed by atoms with Crippen molar-refractivity contribution in [2.24, 2.45) is 0 Å². The molecule has 94 valence electrons. The van der Waals surface area contributed by atoms with E-state index in [2.05, 4.69) is 34.0 Å². The van der Waals surface area contributed by atoms with Crippen LogP contribution in [-0.4, -0.2) is 43.1 Å². The Labute approximate surface area is 112 Å². The van der Waals surface area contributed by atoms with E-state index in [9.17, 15) is 0 Å². The summed E-state index contributed by atoms with van der Waals surface area (Å²) in [5.74, 6) is 1.06. The van der Waals surface area contributed by atoms with Crippen molar-refractivity contribution in [3.63, 3.8) is 0 Å². The topological polar surface area (TPSA) is 19.4 Å². The molecule has 0 aliphatic carbocycles. The quantitative estimate of drug-likeness (QED) is 0.787. The van der Waals surface area contributed by atoms with E-state index in [4.69, 9.17) is 11.6 Å². The number of aromatic nitrogens is 1. The van der Waals surface area contributed by atoms with E-state index in [1.807, 2.05) is 12.1 Å². The first-order chi connectivity index (χ1) is 8.75. The summed E-state index contributed by atoms with van der Waals surface area (Å²) in [5.41, 5.74) is 0. The SMILES string of the molecule is CN1CCN(c2ncc(Cl)c3ccccc23)CC1. The van der Waals surface area contributed by atoms with Crippen molar-refractivity contribution in [1.29, 1.82) is 0 Å². The van der Waals surface area contributed by atoms with E-state index in [1.165, 1.54) is 0 Å². The molecule has 0 bridgehead atoms. The molecular weight excluding hydrogens is 246 g/mol. The number of halogens is 1. The Morgan fingerprint density at radius 3 is 2.44 bits per heavy atom. The maximum Gasteiger partial charge on any atom is 0.136 e. The molecule has 0 radical (unpaired) electrons. The molecule has 0 unspecified atom stereocenters. The molecule has 0 saturated carbocycles. The molecule has 1 aliphatic heterocycles. The lowest BCUT2D eigenvalue weighted by Crippen LogP contribution is -2.44. The highest BCUT2D eigenvalue weighted by Gasteiger charge is 2.17. The number of benzene rings is 1. The highest BCUT2D eigenvalue weighted by Crippen LogP contribution is 2.30. The van der Waals surface area contributed by atoms with Gasteiger partial charge in [-0.05, 0) is 7.05 Å². The number of piperazine rings is 1. The Kier molecular flexibility index (Phi) is 3.10. The highest BCUT2D eigenvalue weighted by molar-refractivity contribution is 6.35. The predicted molar refractivity (Wildman–Crippen MR) is 76.5 cm³/mol. The Bertz CT molecular complexity index is 562. The van der Waals surface area contributed by atoms with Crippen LogP contribution in [-0.2, 0) is 0 Å². The van der Waals surface area contributed by atoms with Gasteiger partial charge in [-0.3, -0.25) is 0 Å². The molecule has 18 heavy (non-hydrogen) atoms. The Balaban J connectivity index is 2.04. The van der Waals surface area contributed by atoms with Crippen molar-refractivity contribution in [3.05, 3.63) is 35.5 Å². The van der Waals surface area contributed by atoms with Gasteiger partial charge in [-0.1, -0.05) is 35.9 Å². The molecule has 0 N–H and O–H groups in total. The van der Waals surface area contributed by atoms with Crippen LogP contribution < -0.4 is 4.90 Å². The van der Waals surface area contributed by atoms with Crippen molar-refractivity contribution < 1.29 is 0 Å². The molecule has 3 rings (SSSR count). The lowest BCUT2D eigenvalue weighted by atomic mass is 10.1. The number of fused-ring (bicyclic) bond motifs is 1. The highest BCUT2D eigenvalue weighted by atomic mass is 35.5. The zero-order chi connectivity index (χ0) is 12.5. The molecule has 0 amide bonds. The van der Waals surface area contributed by atoms with Crippen molar-refractivity contribution in [2.45, 2.75) is 0 Å². The summed E-state index contributed by atoms with van der Waals surface area (Å²) in [7, 11) is 2.16. The van der Waals surface area contributed by atoms with Gasteiger partial charge in [0.1, 0.15) is 5.82 Å². The van der Waals surface area contributed by atoms with Gasteiger partial charge in [-0.25, -0.2) is 4.98 Å². The minimum atomic E-state index is 0.725. The third kappa shape index (κ3) is 2.04. The van der Waals surface area contributed by atoms with E-state index in [0.29, 0.717) is 0 Å². The fourth-order valence-electron chi connectivity index (χ4n) is 2.41. The summed E-state index contributed by atoms with van der Waals surface area (Å²) in [6, 6.07) is 8.21. The molecule has 3 nitrogen and oxygen atoms in total. The average Bonchev–Trinajstić information content (AvgIpc) is 2.41. The predicted octanol–water partition coefficient (Wildman–Crippen LogP) is 2.64. The van der Waals surface area contributed by atoms with Gasteiger partial charge in [0.15, 0.2) is 0 Å². The Morgan fingerprint density at radius 2 is 1.72 bits per heavy atom. The molecule has 2 heterocycles. The maximum absolute atomic E-state index is 6.20. The van der Waals surface area contributed by atoms with Gasteiger partial charge in [-0.15, -0.1) is 0 Å². The number of likely N-dealkylation sites (N-methyl/N-ethyl adjacent to an activating group) is 1. The van der Waals surface area contributed by atoms with Gasteiger partial charge in [0.2, 0.25) is 0 Å². The van der Waals surface area contributed by atoms with E-state index in [1.54, 1.807) is 6.20 Å². The van der Waals surface area contributed by atoms with Crippen LogP contribution in [0.1, 0.15) is 0 Å². The standard InChI is InChI=1S/C14H16ClN3/c1-17-6-8-18(9-7-17)14-12-5-3-2-4-11(12)13(15)10-16-14/h2-5,10H,6-9H2,1H3. The number of pyridine rings is 1. The molecule has 1 fully saturated rings. The third-order valence-electron chi connectivity index (χ3n) is 3.53. The zero-order valence-corrected chi connectivity index (χ0v) is 11.2. The molecule has 1 aliphatic rings. The third-order valence-corrected chi connectivity index (χ3v) is 3.83. The van der Waals surface area contributed by atoms with Crippen molar-refractivity contribution in [2.75, 3.05) is 38.1 Å². The fourth-order valence-corrected chi connectivity index (χ4v) is 2.63. The molecule has 4 heteroatoms. The minimum Gasteiger partial charge on any atom is -0.354 e. The Hall–Kier alpha value is -1.32. The zero-order valence-electron chi connectivity index (χ0n) is 10.4. The fraction of sp³-hybridized carbons (Fsp3) is 0.357. The summed E-state index contributed by atoms with van der Waals surface area (Å²) in [5, 5.41) is 2.96. The molecule has 1 saturated heterocycles. The molecule has 2 aromatic rings. The van der Waals surface area contributed by atoms with Gasteiger partial charge in [0, 0.05) is 43.1 Å². The van der Waals surface area contributed by atoms with Crippen LogP contribution in [0.25, 0.3) is 10.8 Å². The first-order valence-corrected chi connectivity index (χ1v) is 6.60. The first kappa shape index (κ1) is 11.8. The number of anilines is 1. The molecular formula is C14H16ClN3. The summed E-state index contributed by atoms with van der Waals surface area (Å²) >= 11 is 6.20. The second-order valence-electron chi connectivity index (χ2n) is 4.77. The number of nitrogens with zero attached hydrogens (tertiary/aromatic N) is 3. The van der Waals surface area contributed by atoms with Crippen LogP contribution in [0.5, 0.6) is 0 Å². The number of rotatable bonds is 1. The van der Waals surface area contributed by atoms with Gasteiger partial charge in [-0.2, -0.15) is 0 Å². The lowest BCUT2D eigenvalue weighted by Gasteiger charge is -2.33. The van der Waals surface area contributed by atoms with Crippen LogP contribution in [0.3, 0.4) is 0 Å². The van der Waals surface area contributed by atoms with Crippen LogP contribution in [0.2, 0.25) is 5.02 Å². The second-order valence-corrected chi connectivity index (χ2v) is 5.17. The summed E-state index contributed by atoms with van der Waals surface area (Å²) < 4.78 is 0. The van der Waals surface area contributed by atoms with Crippen LogP contribution >= 0.6 is 11.6 Å². The van der Waals surface area contributed by atoms with Crippen LogP contribution in [0.15, 0.2) is 30.5 Å². The molecule has 1 aromatic carbocycles. The van der Waals surface area contributed by atoms with E-state index in [-0.39, 0.29) is 0 Å². The molecule has 0 spiro atoms. The van der Waals surface area contributed by atoms with Crippen molar-refractivity contribution >= 4 is 28.2 Å². The van der Waals surface area contributed by atoms with E-state index < -0.39 is 0 Å². The second kappa shape index (κ2) is 4.75. The van der Waals surface area contributed by atoms with Gasteiger partial charge >= 0.3 is 0 Å². The summed E-state index contributed by atoms with van der Waals surface area (Å²) in [6.45, 7) is 4.21. The molecule has 1 aromatic heterocycles. The average molecular weight is 262 g/mol. The minimum absolute atomic E-state index is 0.725. The van der Waals surface area contributed by atoms with Gasteiger partial charge in [0.25, 0.3) is 0 Å². The lowest BCUT2D eigenvalue weighted by molar-refractivity contribution is 0.312. The van der Waals surface area contributed by atoms with Gasteiger partial charge < -0.3 is 9.80 Å².